The molecule has 3 nitrogen and oxygen atoms in total. The molecule has 1 aliphatic rings. The van der Waals surface area contributed by atoms with E-state index in [1.54, 1.807) is 0 Å². The van der Waals surface area contributed by atoms with Gasteiger partial charge in [0.25, 0.3) is 0 Å². The summed E-state index contributed by atoms with van der Waals surface area (Å²) in [5.74, 6) is 0. The molecule has 1 aliphatic heterocycles. The van der Waals surface area contributed by atoms with Gasteiger partial charge in [-0.2, -0.15) is 0 Å². The molecule has 1 rings (SSSR count). The number of nitrogens with zero attached hydrogens (tertiary/aromatic N) is 1. The fraction of sp³-hybridized carbons (Fsp3) is 1.00. The average Bonchev–Trinajstić information content (AvgIpc) is 2.02. The summed E-state index contributed by atoms with van der Waals surface area (Å²) in [5, 5.41) is 6.71. The van der Waals surface area contributed by atoms with Gasteiger partial charge in [-0.05, 0) is 7.05 Å². The maximum absolute atomic E-state index is 3.35. The minimum absolute atomic E-state index is 1.10. The lowest BCUT2D eigenvalue weighted by Crippen LogP contribution is -2.30. The minimum atomic E-state index is 1.10. The predicted molar refractivity (Wildman–Crippen MR) is 43.2 cm³/mol. The van der Waals surface area contributed by atoms with Crippen LogP contribution in [0.4, 0.5) is 0 Å². The van der Waals surface area contributed by atoms with Crippen LogP contribution in [0.3, 0.4) is 0 Å². The summed E-state index contributed by atoms with van der Waals surface area (Å²) in [6.45, 7) is 6.79. The lowest BCUT2D eigenvalue weighted by atomic mass is 10.5. The zero-order chi connectivity index (χ0) is 7.23. The molecule has 3 heteroatoms. The van der Waals surface area contributed by atoms with Crippen molar-refractivity contribution in [2.24, 2.45) is 0 Å². The molecular formula is C7H17N3. The SMILES string of the molecule is CN1CCNCCNCC1. The smallest absolute Gasteiger partial charge is 0.0104 e. The van der Waals surface area contributed by atoms with Crippen molar-refractivity contribution in [2.75, 3.05) is 46.3 Å². The monoisotopic (exact) mass is 143 g/mol. The van der Waals surface area contributed by atoms with Crippen molar-refractivity contribution in [1.82, 2.24) is 15.5 Å². The summed E-state index contributed by atoms with van der Waals surface area (Å²) in [4.78, 5) is 2.34. The van der Waals surface area contributed by atoms with Crippen LogP contribution in [0.15, 0.2) is 0 Å². The van der Waals surface area contributed by atoms with E-state index in [1.165, 1.54) is 13.1 Å². The highest BCUT2D eigenvalue weighted by molar-refractivity contribution is 4.61. The van der Waals surface area contributed by atoms with E-state index in [9.17, 15) is 0 Å². The van der Waals surface area contributed by atoms with Crippen molar-refractivity contribution < 1.29 is 0 Å². The van der Waals surface area contributed by atoms with E-state index < -0.39 is 0 Å². The molecule has 0 amide bonds. The molecule has 10 heavy (non-hydrogen) atoms. The molecule has 0 aromatic rings. The standard InChI is InChI=1S/C7H17N3/c1-10-6-4-8-2-3-9-5-7-10/h8-9H,2-7H2,1H3. The van der Waals surface area contributed by atoms with Gasteiger partial charge in [0.1, 0.15) is 0 Å². The molecule has 0 atom stereocenters. The second-order valence-electron chi connectivity index (χ2n) is 2.80. The van der Waals surface area contributed by atoms with E-state index in [-0.39, 0.29) is 0 Å². The molecule has 0 aromatic carbocycles. The largest absolute Gasteiger partial charge is 0.314 e. The van der Waals surface area contributed by atoms with Gasteiger partial charge in [-0.25, -0.2) is 0 Å². The highest BCUT2D eigenvalue weighted by Crippen LogP contribution is 1.80. The van der Waals surface area contributed by atoms with E-state index in [0.29, 0.717) is 0 Å². The molecule has 1 fully saturated rings. The summed E-state index contributed by atoms with van der Waals surface area (Å²) in [5.41, 5.74) is 0. The number of hydrogen-bond acceptors (Lipinski definition) is 3. The lowest BCUT2D eigenvalue weighted by Gasteiger charge is -2.13. The lowest BCUT2D eigenvalue weighted by molar-refractivity contribution is 0.342. The highest BCUT2D eigenvalue weighted by Gasteiger charge is 1.99. The van der Waals surface area contributed by atoms with Crippen molar-refractivity contribution in [1.29, 1.82) is 0 Å². The number of nitrogens with one attached hydrogen (secondary N) is 2. The maximum atomic E-state index is 3.35. The van der Waals surface area contributed by atoms with E-state index >= 15 is 0 Å². The van der Waals surface area contributed by atoms with Crippen LogP contribution in [0.5, 0.6) is 0 Å². The molecule has 0 saturated carbocycles. The molecule has 0 aromatic heterocycles. The van der Waals surface area contributed by atoms with Crippen molar-refractivity contribution in [3.63, 3.8) is 0 Å². The molecule has 0 unspecified atom stereocenters. The van der Waals surface area contributed by atoms with Gasteiger partial charge in [-0.1, -0.05) is 0 Å². The first kappa shape index (κ1) is 7.98. The highest BCUT2D eigenvalue weighted by atomic mass is 15.1. The number of rotatable bonds is 0. The van der Waals surface area contributed by atoms with Gasteiger partial charge >= 0.3 is 0 Å². The summed E-state index contributed by atoms with van der Waals surface area (Å²) >= 11 is 0. The third-order valence-electron chi connectivity index (χ3n) is 1.82. The van der Waals surface area contributed by atoms with E-state index in [1.807, 2.05) is 0 Å². The quantitative estimate of drug-likeness (QED) is 0.461. The summed E-state index contributed by atoms with van der Waals surface area (Å²) < 4.78 is 0. The Balaban J connectivity index is 2.15. The van der Waals surface area contributed by atoms with Gasteiger partial charge in [0.2, 0.25) is 0 Å². The van der Waals surface area contributed by atoms with E-state index in [4.69, 9.17) is 0 Å². The second-order valence-corrected chi connectivity index (χ2v) is 2.80. The molecule has 0 bridgehead atoms. The summed E-state index contributed by atoms with van der Waals surface area (Å²) in [6.07, 6.45) is 0. The molecule has 0 spiro atoms. The van der Waals surface area contributed by atoms with E-state index in [2.05, 4.69) is 22.6 Å². The van der Waals surface area contributed by atoms with Crippen LogP contribution in [0.25, 0.3) is 0 Å². The van der Waals surface area contributed by atoms with Gasteiger partial charge in [0.15, 0.2) is 0 Å². The third kappa shape index (κ3) is 3.15. The molecule has 1 saturated heterocycles. The number of likely N-dealkylation sites (N-methyl/N-ethyl adjacent to an activating group) is 1. The molecule has 0 radical (unpaired) electrons. The van der Waals surface area contributed by atoms with Crippen LogP contribution in [-0.4, -0.2) is 51.2 Å². The summed E-state index contributed by atoms with van der Waals surface area (Å²) in [6, 6.07) is 0. The fourth-order valence-corrected chi connectivity index (χ4v) is 1.08. The van der Waals surface area contributed by atoms with Gasteiger partial charge in [0.05, 0.1) is 0 Å². The van der Waals surface area contributed by atoms with Gasteiger partial charge < -0.3 is 15.5 Å². The Morgan fingerprint density at radius 3 is 1.90 bits per heavy atom. The van der Waals surface area contributed by atoms with Crippen molar-refractivity contribution in [3.8, 4) is 0 Å². The Labute approximate surface area is 62.8 Å². The topological polar surface area (TPSA) is 27.3 Å². The molecule has 60 valence electrons. The first-order chi connectivity index (χ1) is 4.89. The fourth-order valence-electron chi connectivity index (χ4n) is 1.08. The van der Waals surface area contributed by atoms with Crippen LogP contribution in [0.1, 0.15) is 0 Å². The molecule has 0 aliphatic carbocycles. The molecular weight excluding hydrogens is 126 g/mol. The van der Waals surface area contributed by atoms with Crippen molar-refractivity contribution in [2.45, 2.75) is 0 Å². The first-order valence-electron chi connectivity index (χ1n) is 3.99. The van der Waals surface area contributed by atoms with Crippen LogP contribution in [0.2, 0.25) is 0 Å². The normalized spacial score (nSPS) is 24.9. The van der Waals surface area contributed by atoms with E-state index in [0.717, 1.165) is 26.2 Å². The zero-order valence-electron chi connectivity index (χ0n) is 6.69. The van der Waals surface area contributed by atoms with Crippen LogP contribution in [0, 0.1) is 0 Å². The summed E-state index contributed by atoms with van der Waals surface area (Å²) in [7, 11) is 2.16. The third-order valence-corrected chi connectivity index (χ3v) is 1.82. The minimum Gasteiger partial charge on any atom is -0.314 e. The molecule has 2 N–H and O–H groups in total. The Kier molecular flexibility index (Phi) is 3.72. The Bertz CT molecular complexity index is 74.9. The Morgan fingerprint density at radius 2 is 1.40 bits per heavy atom. The Hall–Kier alpha value is -0.120. The van der Waals surface area contributed by atoms with Crippen LogP contribution in [-0.2, 0) is 0 Å². The van der Waals surface area contributed by atoms with Crippen molar-refractivity contribution >= 4 is 0 Å². The van der Waals surface area contributed by atoms with Crippen molar-refractivity contribution in [3.05, 3.63) is 0 Å². The first-order valence-corrected chi connectivity index (χ1v) is 3.99. The molecule has 1 heterocycles. The number of hydrogen-bond donors (Lipinski definition) is 2. The predicted octanol–water partition coefficient (Wildman–Crippen LogP) is -0.889. The zero-order valence-corrected chi connectivity index (χ0v) is 6.69. The Morgan fingerprint density at radius 1 is 0.900 bits per heavy atom. The second kappa shape index (κ2) is 4.66. The van der Waals surface area contributed by atoms with Gasteiger partial charge in [-0.15, -0.1) is 0 Å². The average molecular weight is 143 g/mol. The maximum Gasteiger partial charge on any atom is 0.0104 e. The van der Waals surface area contributed by atoms with Crippen LogP contribution >= 0.6 is 0 Å². The van der Waals surface area contributed by atoms with Gasteiger partial charge in [-0.3, -0.25) is 0 Å². The van der Waals surface area contributed by atoms with Gasteiger partial charge in [0, 0.05) is 39.3 Å². The van der Waals surface area contributed by atoms with Crippen LogP contribution < -0.4 is 10.6 Å².